The molecule has 1 aromatic carbocycles. The lowest BCUT2D eigenvalue weighted by Gasteiger charge is -2.04. The van der Waals surface area contributed by atoms with Crippen molar-refractivity contribution in [1.82, 2.24) is 0 Å². The van der Waals surface area contributed by atoms with Crippen molar-refractivity contribution in [2.45, 2.75) is 0 Å². The highest BCUT2D eigenvalue weighted by atomic mass is 127. The van der Waals surface area contributed by atoms with Crippen molar-refractivity contribution in [3.63, 3.8) is 0 Å². The molecule has 70 valence electrons. The lowest BCUT2D eigenvalue weighted by Crippen LogP contribution is -2.04. The number of halogens is 3. The molecule has 2 nitrogen and oxygen atoms in total. The molecule has 0 saturated carbocycles. The van der Waals surface area contributed by atoms with Crippen LogP contribution in [0.5, 0.6) is 0 Å². The van der Waals surface area contributed by atoms with E-state index in [0.29, 0.717) is 3.57 Å². The number of rotatable bonds is 1. The second kappa shape index (κ2) is 4.23. The number of hydrogen-bond donors (Lipinski definition) is 0. The maximum atomic E-state index is 12.8. The van der Waals surface area contributed by atoms with Gasteiger partial charge >= 0.3 is 5.97 Å². The summed E-state index contributed by atoms with van der Waals surface area (Å²) in [4.78, 5) is 11.1. The molecule has 0 saturated heterocycles. The van der Waals surface area contributed by atoms with Crippen LogP contribution in [0.4, 0.5) is 4.39 Å². The molecule has 13 heavy (non-hydrogen) atoms. The van der Waals surface area contributed by atoms with Crippen LogP contribution in [0.25, 0.3) is 0 Å². The van der Waals surface area contributed by atoms with Gasteiger partial charge in [0.15, 0.2) is 0 Å². The van der Waals surface area contributed by atoms with Crippen molar-refractivity contribution in [3.05, 3.63) is 32.1 Å². The molecule has 1 aromatic rings. The summed E-state index contributed by atoms with van der Waals surface area (Å²) in [6.07, 6.45) is 0. The molecule has 0 aliphatic carbocycles. The van der Waals surface area contributed by atoms with Gasteiger partial charge < -0.3 is 4.74 Å². The predicted molar refractivity (Wildman–Crippen MR) is 55.5 cm³/mol. The largest absolute Gasteiger partial charge is 0.465 e. The van der Waals surface area contributed by atoms with Gasteiger partial charge in [-0.2, -0.15) is 0 Å². The number of ether oxygens (including phenoxy) is 1. The molecule has 0 heterocycles. The van der Waals surface area contributed by atoms with Gasteiger partial charge in [0.2, 0.25) is 0 Å². The quantitative estimate of drug-likeness (QED) is 0.453. The highest BCUT2D eigenvalue weighted by molar-refractivity contribution is 14.1. The fraction of sp³-hybridized carbons (Fsp3) is 0.125. The Balaban J connectivity index is 3.26. The SMILES string of the molecule is COC(=O)c1ccc(F)c(Cl)c1I. The average molecular weight is 314 g/mol. The molecule has 0 aromatic heterocycles. The third-order valence-corrected chi connectivity index (χ3v) is 3.25. The maximum absolute atomic E-state index is 12.8. The highest BCUT2D eigenvalue weighted by Gasteiger charge is 2.15. The fourth-order valence-electron chi connectivity index (χ4n) is 0.794. The van der Waals surface area contributed by atoms with Crippen molar-refractivity contribution < 1.29 is 13.9 Å². The Morgan fingerprint density at radius 3 is 2.77 bits per heavy atom. The molecule has 0 radical (unpaired) electrons. The van der Waals surface area contributed by atoms with Crippen molar-refractivity contribution in [2.24, 2.45) is 0 Å². The molecule has 5 heteroatoms. The minimum atomic E-state index is -0.543. The Bertz CT molecular complexity index is 354. The third kappa shape index (κ3) is 2.11. The molecule has 0 aliphatic rings. The molecule has 0 N–H and O–H groups in total. The molecule has 0 amide bonds. The van der Waals surface area contributed by atoms with E-state index in [2.05, 4.69) is 4.74 Å². The van der Waals surface area contributed by atoms with Crippen molar-refractivity contribution in [3.8, 4) is 0 Å². The molecular weight excluding hydrogens is 309 g/mol. The molecule has 0 atom stereocenters. The van der Waals surface area contributed by atoms with Crippen LogP contribution >= 0.6 is 34.2 Å². The summed E-state index contributed by atoms with van der Waals surface area (Å²) < 4.78 is 17.7. The summed E-state index contributed by atoms with van der Waals surface area (Å²) in [7, 11) is 1.26. The zero-order chi connectivity index (χ0) is 10.0. The molecular formula is C8H5ClFIO2. The van der Waals surface area contributed by atoms with Gasteiger partial charge in [0.05, 0.1) is 17.7 Å². The van der Waals surface area contributed by atoms with E-state index < -0.39 is 11.8 Å². The van der Waals surface area contributed by atoms with E-state index in [1.54, 1.807) is 22.6 Å². The van der Waals surface area contributed by atoms with Crippen LogP contribution < -0.4 is 0 Å². The second-order valence-electron chi connectivity index (χ2n) is 2.21. The monoisotopic (exact) mass is 314 g/mol. The fourth-order valence-corrected chi connectivity index (χ4v) is 1.62. The number of carbonyl (C=O) groups excluding carboxylic acids is 1. The average Bonchev–Trinajstić information content (AvgIpc) is 2.13. The lowest BCUT2D eigenvalue weighted by molar-refractivity contribution is 0.0599. The molecule has 0 spiro atoms. The summed E-state index contributed by atoms with van der Waals surface area (Å²) in [5.41, 5.74) is 0.273. The van der Waals surface area contributed by atoms with Gasteiger partial charge in [-0.15, -0.1) is 0 Å². The van der Waals surface area contributed by atoms with E-state index in [1.165, 1.54) is 13.2 Å². The first-order valence-corrected chi connectivity index (χ1v) is 4.75. The number of carbonyl (C=O) groups is 1. The van der Waals surface area contributed by atoms with Crippen LogP contribution in [0, 0.1) is 9.39 Å². The first kappa shape index (κ1) is 10.7. The van der Waals surface area contributed by atoms with Gasteiger partial charge in [-0.1, -0.05) is 11.6 Å². The third-order valence-electron chi connectivity index (χ3n) is 1.44. The summed E-state index contributed by atoms with van der Waals surface area (Å²) >= 11 is 7.39. The molecule has 1 rings (SSSR count). The molecule has 0 unspecified atom stereocenters. The molecule has 0 aliphatic heterocycles. The Morgan fingerprint density at radius 2 is 2.23 bits per heavy atom. The van der Waals surface area contributed by atoms with Gasteiger partial charge in [0.1, 0.15) is 5.82 Å². The van der Waals surface area contributed by atoms with E-state index in [1.807, 2.05) is 0 Å². The summed E-state index contributed by atoms with van der Waals surface area (Å²) in [5.74, 6) is -1.06. The van der Waals surface area contributed by atoms with Crippen LogP contribution in [0.3, 0.4) is 0 Å². The first-order valence-electron chi connectivity index (χ1n) is 3.29. The zero-order valence-electron chi connectivity index (χ0n) is 6.61. The van der Waals surface area contributed by atoms with E-state index in [9.17, 15) is 9.18 Å². The van der Waals surface area contributed by atoms with E-state index in [4.69, 9.17) is 11.6 Å². The van der Waals surface area contributed by atoms with Gasteiger partial charge in [0.25, 0.3) is 0 Å². The van der Waals surface area contributed by atoms with Crippen LogP contribution in [0.15, 0.2) is 12.1 Å². The smallest absolute Gasteiger partial charge is 0.338 e. The zero-order valence-corrected chi connectivity index (χ0v) is 9.52. The number of methoxy groups -OCH3 is 1. The van der Waals surface area contributed by atoms with E-state index >= 15 is 0 Å². The minimum absolute atomic E-state index is 0.0523. The Labute approximate surface area is 93.2 Å². The number of benzene rings is 1. The van der Waals surface area contributed by atoms with Gasteiger partial charge in [-0.3, -0.25) is 0 Å². The van der Waals surface area contributed by atoms with Gasteiger partial charge in [-0.25, -0.2) is 9.18 Å². The Hall–Kier alpha value is -0.360. The lowest BCUT2D eigenvalue weighted by atomic mass is 10.2. The first-order chi connectivity index (χ1) is 6.07. The van der Waals surface area contributed by atoms with Crippen LogP contribution in [-0.2, 0) is 4.74 Å². The maximum Gasteiger partial charge on any atom is 0.338 e. The van der Waals surface area contributed by atoms with Gasteiger partial charge in [0, 0.05) is 3.57 Å². The predicted octanol–water partition coefficient (Wildman–Crippen LogP) is 2.87. The molecule has 0 fully saturated rings. The summed E-state index contributed by atoms with van der Waals surface area (Å²) in [6, 6.07) is 2.48. The molecule has 0 bridgehead atoms. The number of hydrogen-bond acceptors (Lipinski definition) is 2. The topological polar surface area (TPSA) is 26.3 Å². The summed E-state index contributed by atoms with van der Waals surface area (Å²) in [5, 5.41) is -0.0523. The summed E-state index contributed by atoms with van der Waals surface area (Å²) in [6.45, 7) is 0. The van der Waals surface area contributed by atoms with Crippen molar-refractivity contribution >= 4 is 40.2 Å². The van der Waals surface area contributed by atoms with Gasteiger partial charge in [-0.05, 0) is 34.7 Å². The van der Waals surface area contributed by atoms with E-state index in [0.717, 1.165) is 6.07 Å². The van der Waals surface area contributed by atoms with Crippen molar-refractivity contribution in [2.75, 3.05) is 7.11 Å². The van der Waals surface area contributed by atoms with Crippen LogP contribution in [0.2, 0.25) is 5.02 Å². The van der Waals surface area contributed by atoms with Crippen LogP contribution in [0.1, 0.15) is 10.4 Å². The van der Waals surface area contributed by atoms with Crippen molar-refractivity contribution in [1.29, 1.82) is 0 Å². The Kier molecular flexibility index (Phi) is 3.49. The standard InChI is InChI=1S/C8H5ClFIO2/c1-13-8(12)4-2-3-5(10)6(9)7(4)11/h2-3H,1H3. The minimum Gasteiger partial charge on any atom is -0.465 e. The van der Waals surface area contributed by atoms with E-state index in [-0.39, 0.29) is 10.6 Å². The normalized spacial score (nSPS) is 9.85. The highest BCUT2D eigenvalue weighted by Crippen LogP contribution is 2.25. The van der Waals surface area contributed by atoms with Crippen LogP contribution in [-0.4, -0.2) is 13.1 Å². The second-order valence-corrected chi connectivity index (χ2v) is 3.67. The number of esters is 1. The Morgan fingerprint density at radius 1 is 1.62 bits per heavy atom.